The normalized spacial score (nSPS) is 22.2. The van der Waals surface area contributed by atoms with E-state index < -0.39 is 35.7 Å². The summed E-state index contributed by atoms with van der Waals surface area (Å²) in [7, 11) is 1.52. The lowest BCUT2D eigenvalue weighted by molar-refractivity contribution is -0.0532. The summed E-state index contributed by atoms with van der Waals surface area (Å²) < 4.78 is 17.0. The number of aromatic nitrogens is 2. The van der Waals surface area contributed by atoms with Gasteiger partial charge in [-0.25, -0.2) is 9.59 Å². The van der Waals surface area contributed by atoms with Gasteiger partial charge in [-0.2, -0.15) is 0 Å². The third-order valence-electron chi connectivity index (χ3n) is 4.07. The lowest BCUT2D eigenvalue weighted by atomic mass is 10.2. The molecule has 1 aromatic carbocycles. The summed E-state index contributed by atoms with van der Waals surface area (Å²) in [5.41, 5.74) is -0.813. The number of carbonyl (C=O) groups excluding carboxylic acids is 1. The monoisotopic (exact) mass is 362 g/mol. The predicted octanol–water partition coefficient (Wildman–Crippen LogP) is 0.0506. The molecule has 138 valence electrons. The number of rotatable bonds is 5. The van der Waals surface area contributed by atoms with Gasteiger partial charge in [0, 0.05) is 18.7 Å². The molecular formula is C17H18N2O7. The fourth-order valence-electron chi connectivity index (χ4n) is 2.66. The van der Waals surface area contributed by atoms with E-state index in [0.717, 1.165) is 0 Å². The number of hydrogen-bond acceptors (Lipinski definition) is 7. The van der Waals surface area contributed by atoms with Crippen LogP contribution < -0.4 is 16.0 Å². The Morgan fingerprint density at radius 3 is 2.69 bits per heavy atom. The van der Waals surface area contributed by atoms with Gasteiger partial charge in [-0.05, 0) is 24.3 Å². The predicted molar refractivity (Wildman–Crippen MR) is 89.1 cm³/mol. The first-order valence-corrected chi connectivity index (χ1v) is 7.94. The van der Waals surface area contributed by atoms with Crippen molar-refractivity contribution in [1.82, 2.24) is 9.55 Å². The lowest BCUT2D eigenvalue weighted by Crippen LogP contribution is -2.32. The van der Waals surface area contributed by atoms with Crippen LogP contribution in [0.4, 0.5) is 0 Å². The highest BCUT2D eigenvalue weighted by molar-refractivity contribution is 5.89. The van der Waals surface area contributed by atoms with Crippen LogP contribution >= 0.6 is 0 Å². The number of carbonyl (C=O) groups is 1. The molecule has 2 aromatic rings. The van der Waals surface area contributed by atoms with E-state index >= 15 is 0 Å². The zero-order chi connectivity index (χ0) is 18.7. The first kappa shape index (κ1) is 17.9. The molecule has 0 amide bonds. The molecule has 9 heteroatoms. The standard InChI is InChI=1S/C17H18N2O7/c1-24-11-4-2-10(3-5-11)16(22)25-9-13-12(20)8-15(26-13)19-7-6-14(21)18-17(19)23/h2-7,12-13,15,20H,8-9H2,1H3,(H,18,21,23)/t12-,13+,15+/m0/s1. The van der Waals surface area contributed by atoms with Crippen molar-refractivity contribution in [2.24, 2.45) is 0 Å². The maximum absolute atomic E-state index is 12.1. The second-order valence-corrected chi connectivity index (χ2v) is 5.78. The minimum atomic E-state index is -0.914. The van der Waals surface area contributed by atoms with Crippen molar-refractivity contribution in [3.05, 3.63) is 62.9 Å². The summed E-state index contributed by atoms with van der Waals surface area (Å²) in [4.78, 5) is 37.1. The molecule has 0 spiro atoms. The topological polar surface area (TPSA) is 120 Å². The fourth-order valence-corrected chi connectivity index (χ4v) is 2.66. The number of nitrogens with zero attached hydrogens (tertiary/aromatic N) is 1. The summed E-state index contributed by atoms with van der Waals surface area (Å²) in [6.45, 7) is -0.166. The maximum atomic E-state index is 12.1. The van der Waals surface area contributed by atoms with E-state index in [1.54, 1.807) is 24.3 Å². The number of aliphatic hydroxyl groups is 1. The number of benzene rings is 1. The molecular weight excluding hydrogens is 344 g/mol. The van der Waals surface area contributed by atoms with E-state index in [2.05, 4.69) is 4.98 Å². The van der Waals surface area contributed by atoms with Crippen LogP contribution in [0.2, 0.25) is 0 Å². The van der Waals surface area contributed by atoms with Crippen molar-refractivity contribution in [2.45, 2.75) is 24.9 Å². The van der Waals surface area contributed by atoms with Crippen LogP contribution in [-0.2, 0) is 9.47 Å². The summed E-state index contributed by atoms with van der Waals surface area (Å²) in [6, 6.07) is 7.59. The van der Waals surface area contributed by atoms with Crippen molar-refractivity contribution in [3.63, 3.8) is 0 Å². The SMILES string of the molecule is COc1ccc(C(=O)OC[C@H]2O[C@@H](n3ccc(=O)[nH]c3=O)C[C@@H]2O)cc1. The molecule has 0 bridgehead atoms. The minimum Gasteiger partial charge on any atom is -0.497 e. The molecule has 1 aliphatic rings. The molecule has 26 heavy (non-hydrogen) atoms. The highest BCUT2D eigenvalue weighted by atomic mass is 16.6. The van der Waals surface area contributed by atoms with E-state index in [9.17, 15) is 19.5 Å². The molecule has 1 aromatic heterocycles. The third kappa shape index (κ3) is 3.84. The lowest BCUT2D eigenvalue weighted by Gasteiger charge is -2.16. The van der Waals surface area contributed by atoms with Gasteiger partial charge in [-0.1, -0.05) is 0 Å². The number of hydrogen-bond donors (Lipinski definition) is 2. The van der Waals surface area contributed by atoms with Crippen LogP contribution in [0.25, 0.3) is 0 Å². The van der Waals surface area contributed by atoms with Crippen LogP contribution in [0.15, 0.2) is 46.1 Å². The first-order chi connectivity index (χ1) is 12.5. The third-order valence-corrected chi connectivity index (χ3v) is 4.07. The Morgan fingerprint density at radius 1 is 1.31 bits per heavy atom. The molecule has 3 rings (SSSR count). The highest BCUT2D eigenvalue weighted by Gasteiger charge is 2.36. The molecule has 9 nitrogen and oxygen atoms in total. The summed E-state index contributed by atoms with van der Waals surface area (Å²) >= 11 is 0. The molecule has 0 aliphatic carbocycles. The molecule has 1 saturated heterocycles. The Morgan fingerprint density at radius 2 is 2.04 bits per heavy atom. The quantitative estimate of drug-likeness (QED) is 0.721. The zero-order valence-corrected chi connectivity index (χ0v) is 14.0. The summed E-state index contributed by atoms with van der Waals surface area (Å²) in [5, 5.41) is 10.1. The van der Waals surface area contributed by atoms with Crippen LogP contribution in [0.5, 0.6) is 5.75 Å². The Bertz CT molecular complexity index is 887. The smallest absolute Gasteiger partial charge is 0.338 e. The van der Waals surface area contributed by atoms with Crippen LogP contribution in [-0.4, -0.2) is 46.6 Å². The van der Waals surface area contributed by atoms with Crippen molar-refractivity contribution < 1.29 is 24.1 Å². The van der Waals surface area contributed by atoms with E-state index in [4.69, 9.17) is 14.2 Å². The average molecular weight is 362 g/mol. The maximum Gasteiger partial charge on any atom is 0.338 e. The number of H-pyrrole nitrogens is 1. The second kappa shape index (κ2) is 7.54. The number of methoxy groups -OCH3 is 1. The van der Waals surface area contributed by atoms with Gasteiger partial charge in [-0.15, -0.1) is 0 Å². The number of aromatic amines is 1. The van der Waals surface area contributed by atoms with E-state index in [0.29, 0.717) is 11.3 Å². The Kier molecular flexibility index (Phi) is 5.19. The first-order valence-electron chi connectivity index (χ1n) is 7.94. The van der Waals surface area contributed by atoms with Gasteiger partial charge >= 0.3 is 11.7 Å². The Labute approximate surface area is 147 Å². The van der Waals surface area contributed by atoms with Crippen molar-refractivity contribution >= 4 is 5.97 Å². The molecule has 1 fully saturated rings. The zero-order valence-electron chi connectivity index (χ0n) is 14.0. The molecule has 2 heterocycles. The van der Waals surface area contributed by atoms with Gasteiger partial charge in [0.1, 0.15) is 24.7 Å². The van der Waals surface area contributed by atoms with Gasteiger partial charge in [0.2, 0.25) is 0 Å². The summed E-state index contributed by atoms with van der Waals surface area (Å²) in [6.07, 6.45) is -1.01. The van der Waals surface area contributed by atoms with Gasteiger partial charge in [0.15, 0.2) is 0 Å². The van der Waals surface area contributed by atoms with Crippen LogP contribution in [0.3, 0.4) is 0 Å². The van der Waals surface area contributed by atoms with E-state index in [1.807, 2.05) is 0 Å². The molecule has 2 N–H and O–H groups in total. The number of nitrogens with one attached hydrogen (secondary N) is 1. The fraction of sp³-hybridized carbons (Fsp3) is 0.353. The summed E-state index contributed by atoms with van der Waals surface area (Å²) in [5.74, 6) is 0.0541. The molecule has 3 atom stereocenters. The van der Waals surface area contributed by atoms with E-state index in [-0.39, 0.29) is 13.0 Å². The van der Waals surface area contributed by atoms with Crippen molar-refractivity contribution in [2.75, 3.05) is 13.7 Å². The van der Waals surface area contributed by atoms with Crippen molar-refractivity contribution in [1.29, 1.82) is 0 Å². The Hall–Kier alpha value is -2.91. The van der Waals surface area contributed by atoms with Gasteiger partial charge in [0.25, 0.3) is 5.56 Å². The van der Waals surface area contributed by atoms with Gasteiger partial charge in [0.05, 0.1) is 18.8 Å². The average Bonchev–Trinajstić information content (AvgIpc) is 3.00. The molecule has 1 aliphatic heterocycles. The van der Waals surface area contributed by atoms with Gasteiger partial charge < -0.3 is 19.3 Å². The second-order valence-electron chi connectivity index (χ2n) is 5.78. The number of ether oxygens (including phenoxy) is 3. The minimum absolute atomic E-state index is 0.136. The van der Waals surface area contributed by atoms with Gasteiger partial charge in [-0.3, -0.25) is 14.3 Å². The van der Waals surface area contributed by atoms with Crippen LogP contribution in [0, 0.1) is 0 Å². The van der Waals surface area contributed by atoms with Crippen molar-refractivity contribution in [3.8, 4) is 5.75 Å². The van der Waals surface area contributed by atoms with Crippen LogP contribution in [0.1, 0.15) is 23.0 Å². The molecule has 0 radical (unpaired) electrons. The molecule has 0 saturated carbocycles. The number of esters is 1. The highest BCUT2D eigenvalue weighted by Crippen LogP contribution is 2.27. The Balaban J connectivity index is 1.60. The van der Waals surface area contributed by atoms with E-state index in [1.165, 1.54) is 23.9 Å². The number of aliphatic hydroxyl groups excluding tert-OH is 1. The molecule has 0 unspecified atom stereocenters. The largest absolute Gasteiger partial charge is 0.497 e.